The SMILES string of the molecule is CC(O)(c1ccc(N2CCN(S(=O)(=O)c3cccs3)CC2CNC2(C#N)CCC2)cc1)C(F)(F)F. The van der Waals surface area contributed by atoms with Crippen LogP contribution >= 0.6 is 11.3 Å². The lowest BCUT2D eigenvalue weighted by Gasteiger charge is -2.44. The zero-order valence-corrected chi connectivity index (χ0v) is 20.8. The van der Waals surface area contributed by atoms with E-state index >= 15 is 0 Å². The minimum atomic E-state index is -4.82. The van der Waals surface area contributed by atoms with Gasteiger partial charge in [-0.2, -0.15) is 22.7 Å². The van der Waals surface area contributed by atoms with E-state index in [-0.39, 0.29) is 28.9 Å². The molecule has 0 amide bonds. The van der Waals surface area contributed by atoms with Gasteiger partial charge in [-0.25, -0.2) is 8.42 Å². The molecular formula is C23H27F3N4O3S2. The Morgan fingerprint density at radius 1 is 1.23 bits per heavy atom. The van der Waals surface area contributed by atoms with Gasteiger partial charge >= 0.3 is 6.18 Å². The first-order valence-electron chi connectivity index (χ1n) is 11.3. The second-order valence-corrected chi connectivity index (χ2v) is 12.3. The number of hydrogen-bond acceptors (Lipinski definition) is 7. The van der Waals surface area contributed by atoms with Crippen LogP contribution < -0.4 is 10.2 Å². The van der Waals surface area contributed by atoms with Gasteiger partial charge in [-0.05, 0) is 55.3 Å². The molecule has 2 N–H and O–H groups in total. The zero-order chi connectivity index (χ0) is 25.5. The molecule has 0 bridgehead atoms. The van der Waals surface area contributed by atoms with E-state index in [1.54, 1.807) is 17.5 Å². The minimum Gasteiger partial charge on any atom is -0.376 e. The van der Waals surface area contributed by atoms with Gasteiger partial charge in [0.1, 0.15) is 9.75 Å². The van der Waals surface area contributed by atoms with Crippen LogP contribution in [0, 0.1) is 11.3 Å². The zero-order valence-electron chi connectivity index (χ0n) is 19.1. The largest absolute Gasteiger partial charge is 0.421 e. The maximum atomic E-state index is 13.2. The normalized spacial score (nSPS) is 22.7. The molecule has 2 atom stereocenters. The first kappa shape index (κ1) is 25.9. The lowest BCUT2D eigenvalue weighted by atomic mass is 9.78. The van der Waals surface area contributed by atoms with Crippen molar-refractivity contribution in [3.63, 3.8) is 0 Å². The van der Waals surface area contributed by atoms with Crippen molar-refractivity contribution >= 4 is 27.0 Å². The fourth-order valence-corrected chi connectivity index (χ4v) is 7.02. The molecule has 1 saturated carbocycles. The summed E-state index contributed by atoms with van der Waals surface area (Å²) in [6, 6.07) is 10.7. The predicted octanol–water partition coefficient (Wildman–Crippen LogP) is 3.43. The van der Waals surface area contributed by atoms with E-state index in [1.165, 1.54) is 28.6 Å². The quantitative estimate of drug-likeness (QED) is 0.572. The summed E-state index contributed by atoms with van der Waals surface area (Å²) < 4.78 is 67.6. The number of hydrogen-bond donors (Lipinski definition) is 2. The number of alkyl halides is 3. The van der Waals surface area contributed by atoms with Gasteiger partial charge in [0.15, 0.2) is 5.60 Å². The molecule has 2 aromatic rings. The van der Waals surface area contributed by atoms with Crippen molar-refractivity contribution in [3.8, 4) is 6.07 Å². The van der Waals surface area contributed by atoms with Crippen molar-refractivity contribution in [2.24, 2.45) is 0 Å². The molecule has 0 radical (unpaired) electrons. The van der Waals surface area contributed by atoms with E-state index in [9.17, 15) is 32.0 Å². The van der Waals surface area contributed by atoms with Crippen LogP contribution in [0.1, 0.15) is 31.7 Å². The molecule has 1 aliphatic carbocycles. The number of thiophene rings is 1. The Hall–Kier alpha value is -2.17. The molecule has 2 aliphatic rings. The van der Waals surface area contributed by atoms with Crippen LogP contribution in [-0.2, 0) is 15.6 Å². The number of halogens is 3. The molecule has 35 heavy (non-hydrogen) atoms. The third-order valence-electron chi connectivity index (χ3n) is 6.94. The lowest BCUT2D eigenvalue weighted by Crippen LogP contribution is -2.61. The molecule has 12 heteroatoms. The number of benzene rings is 1. The molecule has 1 aromatic heterocycles. The van der Waals surface area contributed by atoms with Gasteiger partial charge in [0.05, 0.1) is 12.1 Å². The lowest BCUT2D eigenvalue weighted by molar-refractivity contribution is -0.258. The third-order valence-corrected chi connectivity index (χ3v) is 10.2. The van der Waals surface area contributed by atoms with Crippen LogP contribution in [0.25, 0.3) is 0 Å². The predicted molar refractivity (Wildman–Crippen MR) is 126 cm³/mol. The number of sulfonamides is 1. The van der Waals surface area contributed by atoms with Crippen molar-refractivity contribution in [1.82, 2.24) is 9.62 Å². The summed E-state index contributed by atoms with van der Waals surface area (Å²) >= 11 is 1.14. The highest BCUT2D eigenvalue weighted by Crippen LogP contribution is 2.39. The fraction of sp³-hybridized carbons (Fsp3) is 0.522. The average molecular weight is 529 g/mol. The molecule has 190 valence electrons. The maximum absolute atomic E-state index is 13.2. The molecule has 1 aromatic carbocycles. The van der Waals surface area contributed by atoms with E-state index in [4.69, 9.17) is 0 Å². The summed E-state index contributed by atoms with van der Waals surface area (Å²) in [7, 11) is -3.68. The average Bonchev–Trinajstić information content (AvgIpc) is 3.34. The van der Waals surface area contributed by atoms with Gasteiger partial charge < -0.3 is 10.0 Å². The Balaban J connectivity index is 1.58. The van der Waals surface area contributed by atoms with Crippen LogP contribution in [-0.4, -0.2) is 61.8 Å². The Morgan fingerprint density at radius 2 is 1.91 bits per heavy atom. The number of nitrogens with one attached hydrogen (secondary N) is 1. The van der Waals surface area contributed by atoms with Crippen molar-refractivity contribution in [2.45, 2.75) is 53.8 Å². The number of aliphatic hydroxyl groups is 1. The smallest absolute Gasteiger partial charge is 0.376 e. The molecule has 2 unspecified atom stereocenters. The van der Waals surface area contributed by atoms with Crippen LogP contribution in [0.15, 0.2) is 46.0 Å². The Morgan fingerprint density at radius 3 is 2.43 bits per heavy atom. The topological polar surface area (TPSA) is 96.7 Å². The highest BCUT2D eigenvalue weighted by Gasteiger charge is 2.51. The van der Waals surface area contributed by atoms with Crippen molar-refractivity contribution in [2.75, 3.05) is 31.1 Å². The number of nitriles is 1. The second kappa shape index (κ2) is 9.37. The molecule has 0 spiro atoms. The number of piperazine rings is 1. The van der Waals surface area contributed by atoms with Crippen LogP contribution in [0.4, 0.5) is 18.9 Å². The van der Waals surface area contributed by atoms with E-state index in [0.29, 0.717) is 38.5 Å². The van der Waals surface area contributed by atoms with Gasteiger partial charge in [0.2, 0.25) is 0 Å². The molecule has 2 fully saturated rings. The first-order chi connectivity index (χ1) is 16.4. The molecule has 7 nitrogen and oxygen atoms in total. The summed E-state index contributed by atoms with van der Waals surface area (Å²) in [5.74, 6) is 0. The molecule has 1 saturated heterocycles. The van der Waals surface area contributed by atoms with Crippen molar-refractivity contribution < 1.29 is 26.7 Å². The summed E-state index contributed by atoms with van der Waals surface area (Å²) in [4.78, 5) is 1.95. The maximum Gasteiger partial charge on any atom is 0.421 e. The third kappa shape index (κ3) is 4.93. The van der Waals surface area contributed by atoms with E-state index < -0.39 is 27.3 Å². The fourth-order valence-electron chi connectivity index (χ4n) is 4.41. The van der Waals surface area contributed by atoms with Gasteiger partial charge in [-0.3, -0.25) is 5.32 Å². The minimum absolute atomic E-state index is 0.163. The van der Waals surface area contributed by atoms with Crippen molar-refractivity contribution in [3.05, 3.63) is 47.3 Å². The van der Waals surface area contributed by atoms with Crippen LogP contribution in [0.2, 0.25) is 0 Å². The van der Waals surface area contributed by atoms with E-state index in [2.05, 4.69) is 11.4 Å². The Bertz CT molecular complexity index is 1170. The van der Waals surface area contributed by atoms with Gasteiger partial charge in [0.25, 0.3) is 10.0 Å². The Kier molecular flexibility index (Phi) is 6.93. The van der Waals surface area contributed by atoms with Crippen LogP contribution in [0.5, 0.6) is 0 Å². The van der Waals surface area contributed by atoms with Gasteiger partial charge in [-0.15, -0.1) is 11.3 Å². The number of anilines is 1. The Labute approximate surface area is 206 Å². The molecule has 4 rings (SSSR count). The highest BCUT2D eigenvalue weighted by atomic mass is 32.2. The van der Waals surface area contributed by atoms with Gasteiger partial charge in [0, 0.05) is 31.9 Å². The van der Waals surface area contributed by atoms with Crippen LogP contribution in [0.3, 0.4) is 0 Å². The summed E-state index contributed by atoms with van der Waals surface area (Å²) in [6.45, 7) is 1.75. The highest BCUT2D eigenvalue weighted by molar-refractivity contribution is 7.91. The van der Waals surface area contributed by atoms with E-state index in [0.717, 1.165) is 17.8 Å². The number of rotatable bonds is 7. The molecular weight excluding hydrogens is 501 g/mol. The first-order valence-corrected chi connectivity index (χ1v) is 13.6. The second-order valence-electron chi connectivity index (χ2n) is 9.19. The summed E-state index contributed by atoms with van der Waals surface area (Å²) in [5, 5.41) is 24.6. The number of nitrogens with zero attached hydrogens (tertiary/aromatic N) is 3. The standard InChI is InChI=1S/C23H27F3N4O3S2/c1-21(31,23(24,25)26)17-5-7-18(8-6-17)30-12-11-29(35(32,33)20-4-2-13-34-20)15-19(30)14-28-22(16-27)9-3-10-22/h2,4-8,13,19,28,31H,3,9-12,14-15H2,1H3. The summed E-state index contributed by atoms with van der Waals surface area (Å²) in [6.07, 6.45) is -2.45. The van der Waals surface area contributed by atoms with Crippen molar-refractivity contribution in [1.29, 1.82) is 5.26 Å². The van der Waals surface area contributed by atoms with Gasteiger partial charge in [-0.1, -0.05) is 18.2 Å². The molecule has 2 heterocycles. The van der Waals surface area contributed by atoms with E-state index in [1.807, 2.05) is 4.90 Å². The monoisotopic (exact) mass is 528 g/mol. The summed E-state index contributed by atoms with van der Waals surface area (Å²) in [5.41, 5.74) is -3.27. The molecule has 1 aliphatic heterocycles.